The van der Waals surface area contributed by atoms with Crippen molar-refractivity contribution in [1.29, 1.82) is 0 Å². The van der Waals surface area contributed by atoms with Crippen molar-refractivity contribution < 1.29 is 4.79 Å². The fourth-order valence-corrected chi connectivity index (χ4v) is 3.03. The molecule has 0 spiro atoms. The molecule has 1 aliphatic rings. The van der Waals surface area contributed by atoms with Crippen LogP contribution in [-0.2, 0) is 6.42 Å². The van der Waals surface area contributed by atoms with E-state index in [1.54, 1.807) is 0 Å². The Morgan fingerprint density at radius 2 is 2.24 bits per heavy atom. The molecule has 2 amide bonds. The number of aromatic amines is 1. The molecule has 2 aromatic rings. The third-order valence-electron chi connectivity index (χ3n) is 4.48. The van der Waals surface area contributed by atoms with Crippen LogP contribution in [0, 0.1) is 0 Å². The highest BCUT2D eigenvalue weighted by Crippen LogP contribution is 2.21. The van der Waals surface area contributed by atoms with E-state index in [4.69, 9.17) is 0 Å². The summed E-state index contributed by atoms with van der Waals surface area (Å²) in [4.78, 5) is 16.7. The molecule has 6 nitrogen and oxygen atoms in total. The largest absolute Gasteiger partial charge is 0.332 e. The zero-order valence-corrected chi connectivity index (χ0v) is 14.8. The quantitative estimate of drug-likeness (QED) is 0.719. The molecule has 132 valence electrons. The second-order valence-electron chi connectivity index (χ2n) is 6.39. The second-order valence-corrected chi connectivity index (χ2v) is 6.39. The lowest BCUT2D eigenvalue weighted by Crippen LogP contribution is -2.37. The van der Waals surface area contributed by atoms with Crippen molar-refractivity contribution >= 4 is 11.7 Å². The van der Waals surface area contributed by atoms with Gasteiger partial charge in [0.2, 0.25) is 0 Å². The summed E-state index contributed by atoms with van der Waals surface area (Å²) in [6, 6.07) is 7.43. The summed E-state index contributed by atoms with van der Waals surface area (Å²) in [6.07, 6.45) is 7.70. The monoisotopic (exact) mass is 339 g/mol. The zero-order chi connectivity index (χ0) is 17.6. The lowest BCUT2D eigenvalue weighted by molar-refractivity contribution is 0.250. The molecule has 0 bridgehead atoms. The molecule has 0 unspecified atom stereocenters. The molecule has 25 heavy (non-hydrogen) atoms. The van der Waals surface area contributed by atoms with Gasteiger partial charge in [0.25, 0.3) is 0 Å². The smallest absolute Gasteiger partial charge is 0.319 e. The van der Waals surface area contributed by atoms with Crippen molar-refractivity contribution in [3.05, 3.63) is 41.7 Å². The number of urea groups is 1. The number of H-pyrrole nitrogens is 1. The third-order valence-corrected chi connectivity index (χ3v) is 4.48. The number of nitrogens with one attached hydrogen (secondary N) is 3. The van der Waals surface area contributed by atoms with Gasteiger partial charge in [-0.25, -0.2) is 9.78 Å². The number of carbonyl (C=O) groups excluding carboxylic acids is 1. The SMILES string of the molecule is CCc1nc(-c2cccc(NC(=O)N[C@@H](C)C3=CCCCC3)c2)n[nH]1. The molecule has 0 saturated heterocycles. The minimum Gasteiger partial charge on any atom is -0.332 e. The Hall–Kier alpha value is -2.63. The van der Waals surface area contributed by atoms with Crippen LogP contribution in [0.4, 0.5) is 10.5 Å². The summed E-state index contributed by atoms with van der Waals surface area (Å²) in [6.45, 7) is 4.06. The molecule has 3 rings (SSSR count). The lowest BCUT2D eigenvalue weighted by Gasteiger charge is -2.21. The van der Waals surface area contributed by atoms with Gasteiger partial charge in [-0.15, -0.1) is 0 Å². The van der Waals surface area contributed by atoms with Crippen LogP contribution in [-0.4, -0.2) is 27.3 Å². The van der Waals surface area contributed by atoms with Gasteiger partial charge in [0.05, 0.1) is 0 Å². The molecule has 3 N–H and O–H groups in total. The van der Waals surface area contributed by atoms with Crippen LogP contribution in [0.5, 0.6) is 0 Å². The first kappa shape index (κ1) is 17.2. The number of aryl methyl sites for hydroxylation is 1. The summed E-state index contributed by atoms with van der Waals surface area (Å²) < 4.78 is 0. The van der Waals surface area contributed by atoms with E-state index in [-0.39, 0.29) is 12.1 Å². The van der Waals surface area contributed by atoms with E-state index >= 15 is 0 Å². The number of hydrogen-bond donors (Lipinski definition) is 3. The molecule has 0 radical (unpaired) electrons. The van der Waals surface area contributed by atoms with Gasteiger partial charge < -0.3 is 10.6 Å². The second kappa shape index (κ2) is 7.96. The van der Waals surface area contributed by atoms with Crippen molar-refractivity contribution in [3.63, 3.8) is 0 Å². The highest BCUT2D eigenvalue weighted by molar-refractivity contribution is 5.90. The minimum absolute atomic E-state index is 0.0589. The first-order valence-electron chi connectivity index (χ1n) is 8.94. The van der Waals surface area contributed by atoms with Gasteiger partial charge in [-0.3, -0.25) is 5.10 Å². The van der Waals surface area contributed by atoms with Crippen LogP contribution in [0.15, 0.2) is 35.9 Å². The number of aromatic nitrogens is 3. The van der Waals surface area contributed by atoms with Crippen LogP contribution in [0.3, 0.4) is 0 Å². The minimum atomic E-state index is -0.194. The summed E-state index contributed by atoms with van der Waals surface area (Å²) in [7, 11) is 0. The van der Waals surface area contributed by atoms with Gasteiger partial charge in [0.1, 0.15) is 5.82 Å². The highest BCUT2D eigenvalue weighted by atomic mass is 16.2. The fraction of sp³-hybridized carbons (Fsp3) is 0.421. The molecule has 1 aromatic carbocycles. The maximum atomic E-state index is 12.3. The van der Waals surface area contributed by atoms with Gasteiger partial charge in [0.15, 0.2) is 5.82 Å². The molecular weight excluding hydrogens is 314 g/mol. The normalized spacial score (nSPS) is 15.4. The fourth-order valence-electron chi connectivity index (χ4n) is 3.03. The zero-order valence-electron chi connectivity index (χ0n) is 14.8. The Labute approximate surface area is 148 Å². The molecule has 0 aliphatic heterocycles. The van der Waals surface area contributed by atoms with Gasteiger partial charge in [0, 0.05) is 23.7 Å². The van der Waals surface area contributed by atoms with Crippen LogP contribution < -0.4 is 10.6 Å². The van der Waals surface area contributed by atoms with Gasteiger partial charge in [-0.1, -0.05) is 30.7 Å². The Morgan fingerprint density at radius 1 is 1.36 bits per heavy atom. The van der Waals surface area contributed by atoms with E-state index in [1.165, 1.54) is 18.4 Å². The summed E-state index contributed by atoms with van der Waals surface area (Å²) in [5.74, 6) is 1.49. The third kappa shape index (κ3) is 4.47. The first-order chi connectivity index (χ1) is 12.2. The standard InChI is InChI=1S/C19H25N5O/c1-3-17-22-18(24-23-17)15-10-7-11-16(12-15)21-19(25)20-13(2)14-8-5-4-6-9-14/h7-8,10-13H,3-6,9H2,1-2H3,(H2,20,21,25)(H,22,23,24)/t13-/m0/s1. The maximum Gasteiger partial charge on any atom is 0.319 e. The predicted octanol–water partition coefficient (Wildman–Crippen LogP) is 4.04. The van der Waals surface area contributed by atoms with Crippen molar-refractivity contribution in [1.82, 2.24) is 20.5 Å². The molecule has 1 heterocycles. The average molecular weight is 339 g/mol. The topological polar surface area (TPSA) is 82.7 Å². The molecule has 1 atom stereocenters. The first-order valence-corrected chi connectivity index (χ1v) is 8.94. The summed E-state index contributed by atoms with van der Waals surface area (Å²) in [5.41, 5.74) is 2.92. The number of nitrogens with zero attached hydrogens (tertiary/aromatic N) is 2. The van der Waals surface area contributed by atoms with Crippen LogP contribution in [0.2, 0.25) is 0 Å². The maximum absolute atomic E-state index is 12.3. The number of rotatable bonds is 5. The van der Waals surface area contributed by atoms with E-state index in [2.05, 4.69) is 31.9 Å². The Bertz CT molecular complexity index is 765. The Kier molecular flexibility index (Phi) is 5.48. The van der Waals surface area contributed by atoms with Crippen LogP contribution in [0.25, 0.3) is 11.4 Å². The van der Waals surface area contributed by atoms with Gasteiger partial charge in [-0.2, -0.15) is 5.10 Å². The molecular formula is C19H25N5O. The van der Waals surface area contributed by atoms with Crippen molar-refractivity contribution in [2.24, 2.45) is 0 Å². The average Bonchev–Trinajstić information content (AvgIpc) is 3.12. The summed E-state index contributed by atoms with van der Waals surface area (Å²) in [5, 5.41) is 13.0. The molecule has 0 fully saturated rings. The number of hydrogen-bond acceptors (Lipinski definition) is 3. The number of carbonyl (C=O) groups is 1. The Morgan fingerprint density at radius 3 is 2.96 bits per heavy atom. The summed E-state index contributed by atoms with van der Waals surface area (Å²) >= 11 is 0. The number of benzene rings is 1. The molecule has 1 aromatic heterocycles. The molecule has 0 saturated carbocycles. The van der Waals surface area contributed by atoms with E-state index in [1.807, 2.05) is 38.1 Å². The van der Waals surface area contributed by atoms with Crippen LogP contribution in [0.1, 0.15) is 45.4 Å². The van der Waals surface area contributed by atoms with E-state index in [9.17, 15) is 4.79 Å². The van der Waals surface area contributed by atoms with Crippen molar-refractivity contribution in [2.45, 2.75) is 52.0 Å². The van der Waals surface area contributed by atoms with Crippen LogP contribution >= 0.6 is 0 Å². The predicted molar refractivity (Wildman–Crippen MR) is 99.4 cm³/mol. The highest BCUT2D eigenvalue weighted by Gasteiger charge is 2.14. The number of amides is 2. The Balaban J connectivity index is 1.63. The molecule has 1 aliphatic carbocycles. The van der Waals surface area contributed by atoms with E-state index in [0.29, 0.717) is 5.82 Å². The van der Waals surface area contributed by atoms with Gasteiger partial charge in [-0.05, 0) is 44.7 Å². The van der Waals surface area contributed by atoms with E-state index in [0.717, 1.165) is 36.3 Å². The van der Waals surface area contributed by atoms with Crippen molar-refractivity contribution in [2.75, 3.05) is 5.32 Å². The number of anilines is 1. The lowest BCUT2D eigenvalue weighted by atomic mass is 9.95. The van der Waals surface area contributed by atoms with Crippen molar-refractivity contribution in [3.8, 4) is 11.4 Å². The van der Waals surface area contributed by atoms with E-state index < -0.39 is 0 Å². The molecule has 6 heteroatoms. The van der Waals surface area contributed by atoms with Gasteiger partial charge >= 0.3 is 6.03 Å². The number of allylic oxidation sites excluding steroid dienone is 1.